The molecule has 0 aliphatic rings. The predicted octanol–water partition coefficient (Wildman–Crippen LogP) is 4.01. The van der Waals surface area contributed by atoms with Gasteiger partial charge in [0.25, 0.3) is 0 Å². The molecule has 0 aliphatic carbocycles. The molecule has 0 fully saturated rings. The van der Waals surface area contributed by atoms with E-state index in [9.17, 15) is 13.2 Å². The first-order valence-corrected chi connectivity index (χ1v) is 11.2. The van der Waals surface area contributed by atoms with Gasteiger partial charge in [-0.05, 0) is 29.7 Å². The van der Waals surface area contributed by atoms with E-state index in [4.69, 9.17) is 27.9 Å². The van der Waals surface area contributed by atoms with Gasteiger partial charge in [-0.15, -0.1) is 0 Å². The molecular weight excluding hydrogens is 409 g/mol. The summed E-state index contributed by atoms with van der Waals surface area (Å²) in [5, 5.41) is 3.62. The SMILES string of the molecule is CS(=O)(=O)Cc1ccc(CNC(=O)CCCOc2cccc(Cl)c2Cl)cc1. The maximum atomic E-state index is 11.9. The van der Waals surface area contributed by atoms with Gasteiger partial charge in [0.05, 0.1) is 17.4 Å². The third-order valence-corrected chi connectivity index (χ3v) is 5.32. The van der Waals surface area contributed by atoms with Crippen molar-refractivity contribution in [2.75, 3.05) is 12.9 Å². The van der Waals surface area contributed by atoms with Crippen LogP contribution in [-0.2, 0) is 26.9 Å². The van der Waals surface area contributed by atoms with Gasteiger partial charge in [0.2, 0.25) is 5.91 Å². The molecule has 5 nitrogen and oxygen atoms in total. The van der Waals surface area contributed by atoms with E-state index >= 15 is 0 Å². The number of amides is 1. The summed E-state index contributed by atoms with van der Waals surface area (Å²) in [6, 6.07) is 12.3. The number of nitrogens with one attached hydrogen (secondary N) is 1. The molecule has 0 aromatic heterocycles. The molecular formula is C19H21Cl2NO4S. The maximum Gasteiger partial charge on any atom is 0.220 e. The highest BCUT2D eigenvalue weighted by molar-refractivity contribution is 7.89. The summed E-state index contributed by atoms with van der Waals surface area (Å²) < 4.78 is 28.1. The van der Waals surface area contributed by atoms with Crippen molar-refractivity contribution in [1.29, 1.82) is 0 Å². The summed E-state index contributed by atoms with van der Waals surface area (Å²) in [6.07, 6.45) is 2.07. The lowest BCUT2D eigenvalue weighted by atomic mass is 10.1. The van der Waals surface area contributed by atoms with Gasteiger partial charge in [0.1, 0.15) is 10.8 Å². The molecule has 2 aromatic carbocycles. The van der Waals surface area contributed by atoms with E-state index in [1.807, 2.05) is 12.1 Å². The zero-order valence-corrected chi connectivity index (χ0v) is 17.2. The molecule has 0 saturated carbocycles. The lowest BCUT2D eigenvalue weighted by Crippen LogP contribution is -2.23. The highest BCUT2D eigenvalue weighted by Crippen LogP contribution is 2.31. The lowest BCUT2D eigenvalue weighted by Gasteiger charge is -2.09. The van der Waals surface area contributed by atoms with Gasteiger partial charge in [0.15, 0.2) is 9.84 Å². The van der Waals surface area contributed by atoms with E-state index in [-0.39, 0.29) is 11.7 Å². The van der Waals surface area contributed by atoms with E-state index in [1.165, 1.54) is 6.26 Å². The molecule has 0 spiro atoms. The number of carbonyl (C=O) groups is 1. The first-order chi connectivity index (χ1) is 12.7. The average molecular weight is 430 g/mol. The third kappa shape index (κ3) is 7.79. The molecule has 0 heterocycles. The smallest absolute Gasteiger partial charge is 0.220 e. The molecule has 8 heteroatoms. The van der Waals surface area contributed by atoms with Crippen molar-refractivity contribution in [3.63, 3.8) is 0 Å². The average Bonchev–Trinajstić information content (AvgIpc) is 2.60. The molecule has 0 atom stereocenters. The van der Waals surface area contributed by atoms with Crippen LogP contribution in [0.15, 0.2) is 42.5 Å². The van der Waals surface area contributed by atoms with Crippen LogP contribution in [0.3, 0.4) is 0 Å². The quantitative estimate of drug-likeness (QED) is 0.611. The van der Waals surface area contributed by atoms with Crippen molar-refractivity contribution in [3.05, 3.63) is 63.6 Å². The number of sulfone groups is 1. The van der Waals surface area contributed by atoms with Gasteiger partial charge < -0.3 is 10.1 Å². The summed E-state index contributed by atoms with van der Waals surface area (Å²) in [7, 11) is -3.05. The van der Waals surface area contributed by atoms with Crippen LogP contribution in [0.1, 0.15) is 24.0 Å². The molecule has 1 amide bonds. The van der Waals surface area contributed by atoms with Crippen molar-refractivity contribution < 1.29 is 17.9 Å². The molecule has 1 N–H and O–H groups in total. The minimum atomic E-state index is -3.05. The van der Waals surface area contributed by atoms with Crippen molar-refractivity contribution in [2.24, 2.45) is 0 Å². The summed E-state index contributed by atoms with van der Waals surface area (Å²) in [5.74, 6) is 0.422. The van der Waals surface area contributed by atoms with Gasteiger partial charge in [-0.1, -0.05) is 53.5 Å². The summed E-state index contributed by atoms with van der Waals surface area (Å²) in [5.41, 5.74) is 1.63. The van der Waals surface area contributed by atoms with E-state index in [2.05, 4.69) is 5.32 Å². The molecule has 146 valence electrons. The molecule has 0 aliphatic heterocycles. The second kappa shape index (κ2) is 9.97. The van der Waals surface area contributed by atoms with Crippen LogP contribution >= 0.6 is 23.2 Å². The number of hydrogen-bond acceptors (Lipinski definition) is 4. The number of benzene rings is 2. The van der Waals surface area contributed by atoms with Crippen molar-refractivity contribution in [1.82, 2.24) is 5.32 Å². The van der Waals surface area contributed by atoms with Crippen molar-refractivity contribution in [3.8, 4) is 5.75 Å². The van der Waals surface area contributed by atoms with Crippen LogP contribution in [0.25, 0.3) is 0 Å². The molecule has 0 bridgehead atoms. The Kier molecular flexibility index (Phi) is 7.95. The fourth-order valence-electron chi connectivity index (χ4n) is 2.36. The first-order valence-electron chi connectivity index (χ1n) is 8.33. The van der Waals surface area contributed by atoms with Crippen LogP contribution in [0.2, 0.25) is 10.0 Å². The van der Waals surface area contributed by atoms with E-state index in [0.717, 1.165) is 11.1 Å². The highest BCUT2D eigenvalue weighted by atomic mass is 35.5. The minimum absolute atomic E-state index is 0.0102. The van der Waals surface area contributed by atoms with Gasteiger partial charge in [0, 0.05) is 19.2 Å². The first kappa shape index (κ1) is 21.5. The molecule has 27 heavy (non-hydrogen) atoms. The molecule has 2 rings (SSSR count). The monoisotopic (exact) mass is 429 g/mol. The minimum Gasteiger partial charge on any atom is -0.492 e. The number of rotatable bonds is 9. The molecule has 0 radical (unpaired) electrons. The third-order valence-electron chi connectivity index (χ3n) is 3.66. The predicted molar refractivity (Wildman–Crippen MR) is 108 cm³/mol. The summed E-state index contributed by atoms with van der Waals surface area (Å²) in [6.45, 7) is 0.743. The van der Waals surface area contributed by atoms with Gasteiger partial charge in [-0.25, -0.2) is 8.42 Å². The Morgan fingerprint density at radius 1 is 1.07 bits per heavy atom. The maximum absolute atomic E-state index is 11.9. The largest absolute Gasteiger partial charge is 0.492 e. The second-order valence-electron chi connectivity index (χ2n) is 6.17. The Hall–Kier alpha value is -1.76. The second-order valence-corrected chi connectivity index (χ2v) is 9.09. The Labute approximate surface area is 169 Å². The summed E-state index contributed by atoms with van der Waals surface area (Å²) in [4.78, 5) is 11.9. The van der Waals surface area contributed by atoms with Crippen LogP contribution in [0.4, 0.5) is 0 Å². The van der Waals surface area contributed by atoms with E-state index in [0.29, 0.717) is 41.8 Å². The Morgan fingerprint density at radius 2 is 1.74 bits per heavy atom. The van der Waals surface area contributed by atoms with Crippen LogP contribution in [-0.4, -0.2) is 27.2 Å². The Morgan fingerprint density at radius 3 is 2.41 bits per heavy atom. The van der Waals surface area contributed by atoms with E-state index in [1.54, 1.807) is 30.3 Å². The summed E-state index contributed by atoms with van der Waals surface area (Å²) >= 11 is 11.9. The van der Waals surface area contributed by atoms with Gasteiger partial charge >= 0.3 is 0 Å². The fraction of sp³-hybridized carbons (Fsp3) is 0.316. The number of carbonyl (C=O) groups excluding carboxylic acids is 1. The Balaban J connectivity index is 1.69. The fourth-order valence-corrected chi connectivity index (χ4v) is 3.50. The van der Waals surface area contributed by atoms with Crippen LogP contribution < -0.4 is 10.1 Å². The lowest BCUT2D eigenvalue weighted by molar-refractivity contribution is -0.121. The molecule has 0 saturated heterocycles. The highest BCUT2D eigenvalue weighted by Gasteiger charge is 2.07. The van der Waals surface area contributed by atoms with Crippen LogP contribution in [0, 0.1) is 0 Å². The zero-order chi connectivity index (χ0) is 19.9. The topological polar surface area (TPSA) is 72.5 Å². The van der Waals surface area contributed by atoms with Crippen molar-refractivity contribution >= 4 is 38.9 Å². The normalized spacial score (nSPS) is 11.2. The van der Waals surface area contributed by atoms with Crippen molar-refractivity contribution in [2.45, 2.75) is 25.1 Å². The molecule has 2 aromatic rings. The zero-order valence-electron chi connectivity index (χ0n) is 14.9. The Bertz CT molecular complexity index is 883. The van der Waals surface area contributed by atoms with Gasteiger partial charge in [-0.3, -0.25) is 4.79 Å². The standard InChI is InChI=1S/C19H21Cl2NO4S/c1-27(24,25)13-15-9-7-14(8-10-15)12-22-18(23)6-3-11-26-17-5-2-4-16(20)19(17)21/h2,4-5,7-10H,3,6,11-13H2,1H3,(H,22,23). The number of ether oxygens (including phenoxy) is 1. The van der Waals surface area contributed by atoms with E-state index < -0.39 is 9.84 Å². The molecule has 0 unspecified atom stereocenters. The van der Waals surface area contributed by atoms with Gasteiger partial charge in [-0.2, -0.15) is 0 Å². The number of halogens is 2. The number of hydrogen-bond donors (Lipinski definition) is 1. The van der Waals surface area contributed by atoms with Crippen LogP contribution in [0.5, 0.6) is 5.75 Å².